The van der Waals surface area contributed by atoms with Crippen molar-refractivity contribution in [2.24, 2.45) is 0 Å². The highest BCUT2D eigenvalue weighted by atomic mass is 32.1. The van der Waals surface area contributed by atoms with Gasteiger partial charge >= 0.3 is 5.97 Å². The lowest BCUT2D eigenvalue weighted by atomic mass is 10.1. The lowest BCUT2D eigenvalue weighted by molar-refractivity contribution is -0.142. The second kappa shape index (κ2) is 7.78. The van der Waals surface area contributed by atoms with Gasteiger partial charge in [-0.3, -0.25) is 4.79 Å². The van der Waals surface area contributed by atoms with E-state index in [0.717, 1.165) is 23.8 Å². The minimum absolute atomic E-state index is 0.228. The molecule has 0 fully saturated rings. The van der Waals surface area contributed by atoms with Crippen LogP contribution in [0.4, 0.5) is 5.13 Å². The van der Waals surface area contributed by atoms with Crippen molar-refractivity contribution in [3.63, 3.8) is 0 Å². The van der Waals surface area contributed by atoms with Gasteiger partial charge in [0.15, 0.2) is 5.13 Å². The third-order valence-electron chi connectivity index (χ3n) is 3.11. The number of carbonyl (C=O) groups excluding carboxylic acids is 1. The zero-order valence-corrected chi connectivity index (χ0v) is 13.2. The van der Waals surface area contributed by atoms with Gasteiger partial charge in [-0.05, 0) is 31.4 Å². The number of carbonyl (C=O) groups is 1. The van der Waals surface area contributed by atoms with Crippen LogP contribution in [0.2, 0.25) is 0 Å². The number of rotatable bonds is 7. The molecule has 0 spiro atoms. The standard InChI is InChI=1S/C16H20N2O2S/c1-3-20-15(19)10-14-11-21-16(18-14)17-9-8-13-7-5-4-6-12(13)2/h4-7,11H,3,8-10H2,1-2H3,(H,17,18). The van der Waals surface area contributed by atoms with Crippen LogP contribution in [-0.4, -0.2) is 24.1 Å². The number of esters is 1. The summed E-state index contributed by atoms with van der Waals surface area (Å²) >= 11 is 1.52. The van der Waals surface area contributed by atoms with Crippen LogP contribution in [0.15, 0.2) is 29.6 Å². The number of aromatic nitrogens is 1. The molecule has 0 amide bonds. The summed E-state index contributed by atoms with van der Waals surface area (Å²) in [5.74, 6) is -0.228. The number of nitrogens with zero attached hydrogens (tertiary/aromatic N) is 1. The highest BCUT2D eigenvalue weighted by molar-refractivity contribution is 7.13. The first kappa shape index (κ1) is 15.5. The fourth-order valence-corrected chi connectivity index (χ4v) is 2.76. The molecule has 1 N–H and O–H groups in total. The van der Waals surface area contributed by atoms with Crippen molar-refractivity contribution in [3.8, 4) is 0 Å². The minimum Gasteiger partial charge on any atom is -0.466 e. The summed E-state index contributed by atoms with van der Waals surface area (Å²) in [7, 11) is 0. The molecule has 0 radical (unpaired) electrons. The highest BCUT2D eigenvalue weighted by Gasteiger charge is 2.08. The van der Waals surface area contributed by atoms with Gasteiger partial charge in [-0.25, -0.2) is 4.98 Å². The van der Waals surface area contributed by atoms with Crippen molar-refractivity contribution < 1.29 is 9.53 Å². The van der Waals surface area contributed by atoms with Crippen LogP contribution in [0.25, 0.3) is 0 Å². The number of nitrogens with one attached hydrogen (secondary N) is 1. The molecular formula is C16H20N2O2S. The first-order valence-electron chi connectivity index (χ1n) is 7.07. The second-order valence-corrected chi connectivity index (χ2v) is 5.59. The molecule has 0 aliphatic carbocycles. The Hall–Kier alpha value is -1.88. The Bertz CT molecular complexity index is 595. The molecular weight excluding hydrogens is 284 g/mol. The summed E-state index contributed by atoms with van der Waals surface area (Å²) in [6.45, 7) is 5.16. The molecule has 112 valence electrons. The average Bonchev–Trinajstić information content (AvgIpc) is 2.88. The first-order valence-corrected chi connectivity index (χ1v) is 7.95. The van der Waals surface area contributed by atoms with Crippen molar-refractivity contribution >= 4 is 22.4 Å². The van der Waals surface area contributed by atoms with E-state index in [-0.39, 0.29) is 12.4 Å². The molecule has 0 unspecified atom stereocenters. The van der Waals surface area contributed by atoms with Gasteiger partial charge < -0.3 is 10.1 Å². The SMILES string of the molecule is CCOC(=O)Cc1csc(NCCc2ccccc2C)n1. The predicted octanol–water partition coefficient (Wildman–Crippen LogP) is 3.21. The second-order valence-electron chi connectivity index (χ2n) is 4.73. The van der Waals surface area contributed by atoms with E-state index < -0.39 is 0 Å². The molecule has 0 bridgehead atoms. The van der Waals surface area contributed by atoms with Crippen LogP contribution < -0.4 is 5.32 Å². The van der Waals surface area contributed by atoms with Crippen LogP contribution in [0, 0.1) is 6.92 Å². The van der Waals surface area contributed by atoms with E-state index in [9.17, 15) is 4.79 Å². The molecule has 5 heteroatoms. The van der Waals surface area contributed by atoms with Gasteiger partial charge in [0, 0.05) is 11.9 Å². The Kier molecular flexibility index (Phi) is 5.75. The Morgan fingerprint density at radius 3 is 2.95 bits per heavy atom. The largest absolute Gasteiger partial charge is 0.466 e. The van der Waals surface area contributed by atoms with Crippen LogP contribution in [0.5, 0.6) is 0 Å². The van der Waals surface area contributed by atoms with E-state index in [2.05, 4.69) is 41.5 Å². The van der Waals surface area contributed by atoms with Gasteiger partial charge in [0.25, 0.3) is 0 Å². The Morgan fingerprint density at radius 1 is 1.38 bits per heavy atom. The number of thiazole rings is 1. The quantitative estimate of drug-likeness (QED) is 0.798. The van der Waals surface area contributed by atoms with Crippen LogP contribution in [0.3, 0.4) is 0 Å². The maximum Gasteiger partial charge on any atom is 0.311 e. The van der Waals surface area contributed by atoms with Gasteiger partial charge in [0.05, 0.1) is 18.7 Å². The first-order chi connectivity index (χ1) is 10.2. The fourth-order valence-electron chi connectivity index (χ4n) is 2.02. The summed E-state index contributed by atoms with van der Waals surface area (Å²) in [4.78, 5) is 15.8. The van der Waals surface area contributed by atoms with Crippen molar-refractivity contribution in [1.29, 1.82) is 0 Å². The molecule has 21 heavy (non-hydrogen) atoms. The average molecular weight is 304 g/mol. The van der Waals surface area contributed by atoms with Crippen molar-refractivity contribution in [3.05, 3.63) is 46.5 Å². The molecule has 0 atom stereocenters. The van der Waals surface area contributed by atoms with Crippen molar-refractivity contribution in [1.82, 2.24) is 4.98 Å². The Labute approximate surface area is 129 Å². The minimum atomic E-state index is -0.228. The zero-order chi connectivity index (χ0) is 15.1. The Morgan fingerprint density at radius 2 is 2.19 bits per heavy atom. The molecule has 1 heterocycles. The monoisotopic (exact) mass is 304 g/mol. The molecule has 2 rings (SSSR count). The van der Waals surface area contributed by atoms with Crippen molar-refractivity contribution in [2.45, 2.75) is 26.7 Å². The number of ether oxygens (including phenoxy) is 1. The van der Waals surface area contributed by atoms with Gasteiger partial charge in [-0.1, -0.05) is 24.3 Å². The maximum absolute atomic E-state index is 11.4. The molecule has 4 nitrogen and oxygen atoms in total. The van der Waals surface area contributed by atoms with Gasteiger partial charge in [0.2, 0.25) is 0 Å². The van der Waals surface area contributed by atoms with Crippen LogP contribution in [-0.2, 0) is 22.4 Å². The number of aryl methyl sites for hydroxylation is 1. The van der Waals surface area contributed by atoms with E-state index in [4.69, 9.17) is 4.74 Å². The number of benzene rings is 1. The lowest BCUT2D eigenvalue weighted by Crippen LogP contribution is -2.08. The van der Waals surface area contributed by atoms with E-state index in [1.165, 1.54) is 22.5 Å². The van der Waals surface area contributed by atoms with Crippen LogP contribution in [0.1, 0.15) is 23.7 Å². The number of hydrogen-bond acceptors (Lipinski definition) is 5. The van der Waals surface area contributed by atoms with E-state index in [0.29, 0.717) is 6.61 Å². The third-order valence-corrected chi connectivity index (χ3v) is 3.96. The highest BCUT2D eigenvalue weighted by Crippen LogP contribution is 2.16. The molecule has 0 saturated carbocycles. The molecule has 0 saturated heterocycles. The summed E-state index contributed by atoms with van der Waals surface area (Å²) < 4.78 is 4.91. The Balaban J connectivity index is 1.80. The lowest BCUT2D eigenvalue weighted by Gasteiger charge is -2.06. The number of anilines is 1. The molecule has 1 aromatic heterocycles. The molecule has 1 aromatic carbocycles. The summed E-state index contributed by atoms with van der Waals surface area (Å²) in [6.07, 6.45) is 1.20. The van der Waals surface area contributed by atoms with Gasteiger partial charge in [0.1, 0.15) is 0 Å². The summed E-state index contributed by atoms with van der Waals surface area (Å²) in [5.41, 5.74) is 3.41. The fraction of sp³-hybridized carbons (Fsp3) is 0.375. The molecule has 2 aromatic rings. The summed E-state index contributed by atoms with van der Waals surface area (Å²) in [6, 6.07) is 8.37. The maximum atomic E-state index is 11.4. The number of hydrogen-bond donors (Lipinski definition) is 1. The topological polar surface area (TPSA) is 51.2 Å². The van der Waals surface area contributed by atoms with Gasteiger partial charge in [-0.15, -0.1) is 11.3 Å². The third kappa shape index (κ3) is 4.86. The van der Waals surface area contributed by atoms with Crippen molar-refractivity contribution in [2.75, 3.05) is 18.5 Å². The molecule has 0 aliphatic heterocycles. The van der Waals surface area contributed by atoms with E-state index in [1.54, 1.807) is 6.92 Å². The van der Waals surface area contributed by atoms with Crippen LogP contribution >= 0.6 is 11.3 Å². The van der Waals surface area contributed by atoms with E-state index in [1.807, 2.05) is 5.38 Å². The normalized spacial score (nSPS) is 10.4. The smallest absolute Gasteiger partial charge is 0.311 e. The van der Waals surface area contributed by atoms with E-state index >= 15 is 0 Å². The summed E-state index contributed by atoms with van der Waals surface area (Å²) in [5, 5.41) is 6.05. The van der Waals surface area contributed by atoms with Gasteiger partial charge in [-0.2, -0.15) is 0 Å². The predicted molar refractivity (Wildman–Crippen MR) is 85.8 cm³/mol. The zero-order valence-electron chi connectivity index (χ0n) is 12.4. The molecule has 0 aliphatic rings.